The lowest BCUT2D eigenvalue weighted by atomic mass is 10.1. The fourth-order valence-corrected chi connectivity index (χ4v) is 1.35. The van der Waals surface area contributed by atoms with E-state index in [2.05, 4.69) is 37.9 Å². The Morgan fingerprint density at radius 2 is 1.92 bits per heavy atom. The van der Waals surface area contributed by atoms with Crippen molar-refractivity contribution < 1.29 is 0 Å². The van der Waals surface area contributed by atoms with Gasteiger partial charge in [0.1, 0.15) is 0 Å². The molecule has 0 aromatic heterocycles. The van der Waals surface area contributed by atoms with Crippen molar-refractivity contribution in [2.45, 2.75) is 40.2 Å². The Bertz CT molecular complexity index is 157. The summed E-state index contributed by atoms with van der Waals surface area (Å²) < 4.78 is 0. The maximum absolute atomic E-state index is 5.23. The van der Waals surface area contributed by atoms with Gasteiger partial charge in [-0.2, -0.15) is 0 Å². The minimum Gasteiger partial charge on any atom is -0.360 e. The van der Waals surface area contributed by atoms with E-state index in [1.807, 2.05) is 7.05 Å². The van der Waals surface area contributed by atoms with Crippen molar-refractivity contribution in [1.82, 2.24) is 10.2 Å². The lowest BCUT2D eigenvalue weighted by molar-refractivity contribution is 0.388. The van der Waals surface area contributed by atoms with E-state index in [1.165, 1.54) is 6.42 Å². The molecule has 0 aliphatic heterocycles. The van der Waals surface area contributed by atoms with Gasteiger partial charge in [-0.1, -0.05) is 20.3 Å². The van der Waals surface area contributed by atoms with Gasteiger partial charge in [0, 0.05) is 19.6 Å². The molecule has 1 unspecified atom stereocenters. The van der Waals surface area contributed by atoms with E-state index in [4.69, 9.17) is 12.2 Å². The van der Waals surface area contributed by atoms with Crippen LogP contribution < -0.4 is 5.32 Å². The van der Waals surface area contributed by atoms with Crippen molar-refractivity contribution in [3.8, 4) is 0 Å². The highest BCUT2D eigenvalue weighted by Crippen LogP contribution is 2.02. The largest absolute Gasteiger partial charge is 0.360 e. The van der Waals surface area contributed by atoms with Crippen LogP contribution in [0.4, 0.5) is 0 Å². The molecular weight excluding hydrogens is 180 g/mol. The predicted molar refractivity (Wildman–Crippen MR) is 63.0 cm³/mol. The van der Waals surface area contributed by atoms with Crippen LogP contribution in [-0.2, 0) is 0 Å². The third kappa shape index (κ3) is 5.86. The van der Waals surface area contributed by atoms with Crippen LogP contribution in [0, 0.1) is 5.92 Å². The molecule has 1 N–H and O–H groups in total. The van der Waals surface area contributed by atoms with Crippen molar-refractivity contribution in [2.24, 2.45) is 5.92 Å². The summed E-state index contributed by atoms with van der Waals surface area (Å²) in [6.07, 6.45) is 1.20. The Kier molecular flexibility index (Phi) is 6.04. The van der Waals surface area contributed by atoms with Crippen molar-refractivity contribution in [2.75, 3.05) is 13.6 Å². The normalized spacial score (nSPS) is 12.8. The molecule has 3 heteroatoms. The standard InChI is InChI=1S/C10H22N2S/c1-6-9(4)7-12(5)10(13)11-8(2)3/h8-9H,6-7H2,1-5H3,(H,11,13). The summed E-state index contributed by atoms with van der Waals surface area (Å²) in [6.45, 7) is 9.69. The van der Waals surface area contributed by atoms with Gasteiger partial charge in [-0.3, -0.25) is 0 Å². The zero-order chi connectivity index (χ0) is 10.4. The van der Waals surface area contributed by atoms with Gasteiger partial charge in [0.05, 0.1) is 0 Å². The molecule has 1 atom stereocenters. The summed E-state index contributed by atoms with van der Waals surface area (Å²) in [4.78, 5) is 2.11. The zero-order valence-corrected chi connectivity index (χ0v) is 10.2. The van der Waals surface area contributed by atoms with Gasteiger partial charge in [-0.05, 0) is 32.0 Å². The molecule has 0 radical (unpaired) electrons. The summed E-state index contributed by atoms with van der Waals surface area (Å²) in [5, 5.41) is 4.09. The SMILES string of the molecule is CCC(C)CN(C)C(=S)NC(C)C. The Balaban J connectivity index is 3.82. The number of thiocarbonyl (C=S) groups is 1. The summed E-state index contributed by atoms with van der Waals surface area (Å²) in [5.41, 5.74) is 0. The van der Waals surface area contributed by atoms with Gasteiger partial charge in [0.15, 0.2) is 5.11 Å². The molecule has 0 saturated carbocycles. The molecule has 13 heavy (non-hydrogen) atoms. The van der Waals surface area contributed by atoms with E-state index in [1.54, 1.807) is 0 Å². The maximum Gasteiger partial charge on any atom is 0.168 e. The Labute approximate surface area is 87.7 Å². The van der Waals surface area contributed by atoms with Gasteiger partial charge >= 0.3 is 0 Å². The van der Waals surface area contributed by atoms with Gasteiger partial charge in [-0.15, -0.1) is 0 Å². The summed E-state index contributed by atoms with van der Waals surface area (Å²) in [5.74, 6) is 0.705. The summed E-state index contributed by atoms with van der Waals surface area (Å²) in [7, 11) is 2.05. The molecule has 0 amide bonds. The first-order valence-corrected chi connectivity index (χ1v) is 5.39. The van der Waals surface area contributed by atoms with Crippen molar-refractivity contribution >= 4 is 17.3 Å². The quantitative estimate of drug-likeness (QED) is 0.704. The van der Waals surface area contributed by atoms with E-state index >= 15 is 0 Å². The highest BCUT2D eigenvalue weighted by atomic mass is 32.1. The van der Waals surface area contributed by atoms with E-state index in [0.29, 0.717) is 12.0 Å². The first-order chi connectivity index (χ1) is 5.97. The fourth-order valence-electron chi connectivity index (χ4n) is 1.04. The van der Waals surface area contributed by atoms with Gasteiger partial charge in [-0.25, -0.2) is 0 Å². The molecule has 0 fully saturated rings. The number of nitrogens with zero attached hydrogens (tertiary/aromatic N) is 1. The molecule has 0 rings (SSSR count). The van der Waals surface area contributed by atoms with E-state index in [0.717, 1.165) is 11.7 Å². The molecule has 78 valence electrons. The van der Waals surface area contributed by atoms with E-state index in [9.17, 15) is 0 Å². The second kappa shape index (κ2) is 6.19. The van der Waals surface area contributed by atoms with Crippen LogP contribution in [0.3, 0.4) is 0 Å². The average molecular weight is 202 g/mol. The minimum atomic E-state index is 0.423. The predicted octanol–water partition coefficient (Wildman–Crippen LogP) is 2.25. The average Bonchev–Trinajstić information content (AvgIpc) is 2.02. The van der Waals surface area contributed by atoms with Gasteiger partial charge < -0.3 is 10.2 Å². The molecule has 0 aliphatic rings. The van der Waals surface area contributed by atoms with Crippen LogP contribution in [0.25, 0.3) is 0 Å². The van der Waals surface area contributed by atoms with Crippen molar-refractivity contribution in [1.29, 1.82) is 0 Å². The smallest absolute Gasteiger partial charge is 0.168 e. The van der Waals surface area contributed by atoms with Crippen LogP contribution in [0.5, 0.6) is 0 Å². The number of hydrogen-bond acceptors (Lipinski definition) is 1. The van der Waals surface area contributed by atoms with Gasteiger partial charge in [0.2, 0.25) is 0 Å². The lowest BCUT2D eigenvalue weighted by Crippen LogP contribution is -2.42. The molecule has 0 saturated heterocycles. The Morgan fingerprint density at radius 3 is 2.31 bits per heavy atom. The Morgan fingerprint density at radius 1 is 1.38 bits per heavy atom. The third-order valence-corrected chi connectivity index (χ3v) is 2.47. The van der Waals surface area contributed by atoms with Crippen LogP contribution in [0.15, 0.2) is 0 Å². The minimum absolute atomic E-state index is 0.423. The topological polar surface area (TPSA) is 15.3 Å². The monoisotopic (exact) mass is 202 g/mol. The first-order valence-electron chi connectivity index (χ1n) is 4.99. The van der Waals surface area contributed by atoms with Crippen molar-refractivity contribution in [3.05, 3.63) is 0 Å². The highest BCUT2D eigenvalue weighted by Gasteiger charge is 2.08. The Hall–Kier alpha value is -0.310. The molecule has 0 bridgehead atoms. The maximum atomic E-state index is 5.23. The fraction of sp³-hybridized carbons (Fsp3) is 0.900. The molecular formula is C10H22N2S. The highest BCUT2D eigenvalue weighted by molar-refractivity contribution is 7.80. The summed E-state index contributed by atoms with van der Waals surface area (Å²) >= 11 is 5.23. The van der Waals surface area contributed by atoms with Gasteiger partial charge in [0.25, 0.3) is 0 Å². The second-order valence-corrected chi connectivity index (χ2v) is 4.38. The molecule has 0 spiro atoms. The van der Waals surface area contributed by atoms with Crippen LogP contribution in [-0.4, -0.2) is 29.6 Å². The van der Waals surface area contributed by atoms with Crippen LogP contribution in [0.2, 0.25) is 0 Å². The van der Waals surface area contributed by atoms with Crippen LogP contribution in [0.1, 0.15) is 34.1 Å². The van der Waals surface area contributed by atoms with Crippen molar-refractivity contribution in [3.63, 3.8) is 0 Å². The number of rotatable bonds is 4. The molecule has 0 heterocycles. The lowest BCUT2D eigenvalue weighted by Gasteiger charge is -2.25. The summed E-state index contributed by atoms with van der Waals surface area (Å²) in [6, 6.07) is 0.423. The van der Waals surface area contributed by atoms with E-state index < -0.39 is 0 Å². The second-order valence-electron chi connectivity index (χ2n) is 4.00. The van der Waals surface area contributed by atoms with E-state index in [-0.39, 0.29) is 0 Å². The zero-order valence-electron chi connectivity index (χ0n) is 9.42. The van der Waals surface area contributed by atoms with Crippen LogP contribution >= 0.6 is 12.2 Å². The first kappa shape index (κ1) is 12.7. The number of nitrogens with one attached hydrogen (secondary N) is 1. The third-order valence-electron chi connectivity index (χ3n) is 2.04. The molecule has 0 aliphatic carbocycles. The molecule has 0 aromatic carbocycles. The number of hydrogen-bond donors (Lipinski definition) is 1. The molecule has 0 aromatic rings. The molecule has 2 nitrogen and oxygen atoms in total.